The van der Waals surface area contributed by atoms with Gasteiger partial charge >= 0.3 is 0 Å². The molecule has 1 fully saturated rings. The fourth-order valence-electron chi connectivity index (χ4n) is 1.30. The molecule has 0 bridgehead atoms. The SMILES string of the molecule is CC(C)CN1CC(C)C1=O. The average molecular weight is 141 g/mol. The van der Waals surface area contributed by atoms with Gasteiger partial charge in [-0.1, -0.05) is 20.8 Å². The molecule has 0 radical (unpaired) electrons. The zero-order valence-corrected chi connectivity index (χ0v) is 6.92. The molecule has 2 heteroatoms. The van der Waals surface area contributed by atoms with Gasteiger partial charge in [-0.05, 0) is 5.92 Å². The second-order valence-corrected chi connectivity index (χ2v) is 3.54. The van der Waals surface area contributed by atoms with Gasteiger partial charge in [-0.3, -0.25) is 4.79 Å². The Hall–Kier alpha value is -0.530. The summed E-state index contributed by atoms with van der Waals surface area (Å²) in [6, 6.07) is 0. The molecular formula is C8H15NO. The van der Waals surface area contributed by atoms with E-state index in [1.165, 1.54) is 0 Å². The van der Waals surface area contributed by atoms with Crippen LogP contribution in [0.4, 0.5) is 0 Å². The second kappa shape index (κ2) is 2.60. The molecule has 0 aromatic rings. The van der Waals surface area contributed by atoms with E-state index >= 15 is 0 Å². The van der Waals surface area contributed by atoms with Gasteiger partial charge < -0.3 is 4.90 Å². The Balaban J connectivity index is 2.27. The number of carbonyl (C=O) groups is 1. The highest BCUT2D eigenvalue weighted by Gasteiger charge is 2.32. The molecule has 0 aromatic heterocycles. The smallest absolute Gasteiger partial charge is 0.227 e. The normalized spacial score (nSPS) is 25.4. The predicted octanol–water partition coefficient (Wildman–Crippen LogP) is 1.12. The monoisotopic (exact) mass is 141 g/mol. The van der Waals surface area contributed by atoms with Crippen LogP contribution in [-0.4, -0.2) is 23.9 Å². The van der Waals surface area contributed by atoms with E-state index in [9.17, 15) is 4.79 Å². The highest BCUT2D eigenvalue weighted by molar-refractivity contribution is 5.84. The van der Waals surface area contributed by atoms with Crippen molar-refractivity contribution < 1.29 is 4.79 Å². The van der Waals surface area contributed by atoms with Gasteiger partial charge in [-0.2, -0.15) is 0 Å². The topological polar surface area (TPSA) is 20.3 Å². The van der Waals surface area contributed by atoms with Crippen molar-refractivity contribution in [2.75, 3.05) is 13.1 Å². The summed E-state index contributed by atoms with van der Waals surface area (Å²) >= 11 is 0. The molecule has 1 aliphatic heterocycles. The van der Waals surface area contributed by atoms with E-state index in [-0.39, 0.29) is 0 Å². The van der Waals surface area contributed by atoms with Crippen LogP contribution in [0.25, 0.3) is 0 Å². The maximum absolute atomic E-state index is 11.0. The Bertz CT molecular complexity index is 142. The van der Waals surface area contributed by atoms with Crippen molar-refractivity contribution in [2.45, 2.75) is 20.8 Å². The van der Waals surface area contributed by atoms with Crippen LogP contribution in [0.5, 0.6) is 0 Å². The van der Waals surface area contributed by atoms with Crippen LogP contribution in [0.3, 0.4) is 0 Å². The van der Waals surface area contributed by atoms with Crippen molar-refractivity contribution >= 4 is 5.91 Å². The Morgan fingerprint density at radius 1 is 1.70 bits per heavy atom. The molecule has 1 amide bonds. The van der Waals surface area contributed by atoms with E-state index in [0.717, 1.165) is 13.1 Å². The Morgan fingerprint density at radius 2 is 2.30 bits per heavy atom. The fourth-order valence-corrected chi connectivity index (χ4v) is 1.30. The van der Waals surface area contributed by atoms with Crippen LogP contribution < -0.4 is 0 Å². The third-order valence-corrected chi connectivity index (χ3v) is 1.81. The largest absolute Gasteiger partial charge is 0.341 e. The van der Waals surface area contributed by atoms with Crippen LogP contribution in [0.1, 0.15) is 20.8 Å². The molecule has 1 aliphatic rings. The van der Waals surface area contributed by atoms with Crippen molar-refractivity contribution in [3.63, 3.8) is 0 Å². The third-order valence-electron chi connectivity index (χ3n) is 1.81. The molecule has 1 rings (SSSR count). The van der Waals surface area contributed by atoms with Crippen LogP contribution in [0.15, 0.2) is 0 Å². The number of likely N-dealkylation sites (tertiary alicyclic amines) is 1. The zero-order chi connectivity index (χ0) is 7.72. The molecule has 0 N–H and O–H groups in total. The van der Waals surface area contributed by atoms with Gasteiger partial charge in [-0.15, -0.1) is 0 Å². The van der Waals surface area contributed by atoms with Crippen LogP contribution in [0.2, 0.25) is 0 Å². The first-order valence-corrected chi connectivity index (χ1v) is 3.90. The lowest BCUT2D eigenvalue weighted by Crippen LogP contribution is -2.52. The van der Waals surface area contributed by atoms with E-state index in [4.69, 9.17) is 0 Å². The average Bonchev–Trinajstić information content (AvgIpc) is 1.86. The lowest BCUT2D eigenvalue weighted by atomic mass is 10.00. The van der Waals surface area contributed by atoms with Crippen LogP contribution in [0, 0.1) is 11.8 Å². The highest BCUT2D eigenvalue weighted by Crippen LogP contribution is 2.17. The zero-order valence-electron chi connectivity index (χ0n) is 6.92. The number of hydrogen-bond acceptors (Lipinski definition) is 1. The van der Waals surface area contributed by atoms with E-state index in [0.29, 0.717) is 17.7 Å². The van der Waals surface area contributed by atoms with E-state index < -0.39 is 0 Å². The Labute approximate surface area is 62.2 Å². The summed E-state index contributed by atoms with van der Waals surface area (Å²) < 4.78 is 0. The molecule has 58 valence electrons. The Kier molecular flexibility index (Phi) is 1.97. The molecule has 0 aliphatic carbocycles. The summed E-state index contributed by atoms with van der Waals surface area (Å²) in [6.07, 6.45) is 0. The highest BCUT2D eigenvalue weighted by atomic mass is 16.2. The summed E-state index contributed by atoms with van der Waals surface area (Å²) in [6.45, 7) is 8.16. The van der Waals surface area contributed by atoms with E-state index in [2.05, 4.69) is 13.8 Å². The molecule has 1 heterocycles. The lowest BCUT2D eigenvalue weighted by molar-refractivity contribution is -0.147. The maximum atomic E-state index is 11.0. The van der Waals surface area contributed by atoms with Crippen molar-refractivity contribution in [1.29, 1.82) is 0 Å². The minimum atomic E-state index is 0.291. The minimum Gasteiger partial charge on any atom is -0.341 e. The number of β-lactam (4-membered cyclic amide) rings is 1. The summed E-state index contributed by atoms with van der Waals surface area (Å²) in [7, 11) is 0. The van der Waals surface area contributed by atoms with E-state index in [1.807, 2.05) is 11.8 Å². The van der Waals surface area contributed by atoms with Gasteiger partial charge in [0.05, 0.1) is 5.92 Å². The van der Waals surface area contributed by atoms with Gasteiger partial charge in [-0.25, -0.2) is 0 Å². The standard InChI is InChI=1S/C8H15NO/c1-6(2)4-9-5-7(3)8(9)10/h6-7H,4-5H2,1-3H3. The van der Waals surface area contributed by atoms with Gasteiger partial charge in [0.1, 0.15) is 0 Å². The summed E-state index contributed by atoms with van der Waals surface area (Å²) in [5, 5.41) is 0. The predicted molar refractivity (Wildman–Crippen MR) is 40.6 cm³/mol. The quantitative estimate of drug-likeness (QED) is 0.528. The van der Waals surface area contributed by atoms with Gasteiger partial charge in [0.15, 0.2) is 0 Å². The first-order valence-electron chi connectivity index (χ1n) is 3.90. The van der Waals surface area contributed by atoms with Gasteiger partial charge in [0.2, 0.25) is 5.91 Å². The fraction of sp³-hybridized carbons (Fsp3) is 0.875. The molecule has 1 unspecified atom stereocenters. The van der Waals surface area contributed by atoms with E-state index in [1.54, 1.807) is 0 Å². The lowest BCUT2D eigenvalue weighted by Gasteiger charge is -2.37. The molecule has 1 saturated heterocycles. The molecule has 0 saturated carbocycles. The number of carbonyl (C=O) groups excluding carboxylic acids is 1. The maximum Gasteiger partial charge on any atom is 0.227 e. The number of nitrogens with zero attached hydrogens (tertiary/aromatic N) is 1. The molecular weight excluding hydrogens is 126 g/mol. The van der Waals surface area contributed by atoms with Gasteiger partial charge in [0.25, 0.3) is 0 Å². The number of rotatable bonds is 2. The first kappa shape index (κ1) is 7.58. The third kappa shape index (κ3) is 1.31. The second-order valence-electron chi connectivity index (χ2n) is 3.54. The van der Waals surface area contributed by atoms with Crippen LogP contribution in [-0.2, 0) is 4.79 Å². The molecule has 0 spiro atoms. The van der Waals surface area contributed by atoms with Gasteiger partial charge in [0, 0.05) is 13.1 Å². The van der Waals surface area contributed by atoms with Crippen molar-refractivity contribution in [3.05, 3.63) is 0 Å². The molecule has 10 heavy (non-hydrogen) atoms. The number of amides is 1. The number of hydrogen-bond donors (Lipinski definition) is 0. The first-order chi connectivity index (χ1) is 4.61. The molecule has 2 nitrogen and oxygen atoms in total. The van der Waals surface area contributed by atoms with Crippen molar-refractivity contribution in [3.8, 4) is 0 Å². The van der Waals surface area contributed by atoms with Crippen LogP contribution >= 0.6 is 0 Å². The van der Waals surface area contributed by atoms with Crippen molar-refractivity contribution in [2.24, 2.45) is 11.8 Å². The van der Waals surface area contributed by atoms with Crippen molar-refractivity contribution in [1.82, 2.24) is 4.90 Å². The summed E-state index contributed by atoms with van der Waals surface area (Å²) in [5.74, 6) is 1.23. The summed E-state index contributed by atoms with van der Waals surface area (Å²) in [4.78, 5) is 12.9. The summed E-state index contributed by atoms with van der Waals surface area (Å²) in [5.41, 5.74) is 0. The molecule has 0 aromatic carbocycles. The molecule has 1 atom stereocenters. The Morgan fingerprint density at radius 3 is 2.60 bits per heavy atom. The minimum absolute atomic E-state index is 0.291.